The summed E-state index contributed by atoms with van der Waals surface area (Å²) in [6.07, 6.45) is 1.43. The van der Waals surface area contributed by atoms with Crippen molar-refractivity contribution in [3.63, 3.8) is 0 Å². The molecule has 0 saturated carbocycles. The minimum absolute atomic E-state index is 0.0348. The fourth-order valence-corrected chi connectivity index (χ4v) is 0.965. The number of ether oxygens (including phenoxy) is 2. The van der Waals surface area contributed by atoms with Crippen LogP contribution in [0.5, 0.6) is 0 Å². The third kappa shape index (κ3) is 11.3. The minimum atomic E-state index is 0.0348. The second-order valence-electron chi connectivity index (χ2n) is 3.05. The highest BCUT2D eigenvalue weighted by atomic mass is 16.5. The standard InChI is InChI=1S/C10H21NO4/c1-2-3-10(13)11-4-6-14-8-9-15-7-5-12/h12H,2-9H2,1H3,(H,11,13). The Morgan fingerprint density at radius 3 is 2.47 bits per heavy atom. The summed E-state index contributed by atoms with van der Waals surface area (Å²) in [4.78, 5) is 11.0. The van der Waals surface area contributed by atoms with Gasteiger partial charge in [0.2, 0.25) is 5.91 Å². The van der Waals surface area contributed by atoms with E-state index in [1.807, 2.05) is 6.92 Å². The minimum Gasteiger partial charge on any atom is -0.394 e. The van der Waals surface area contributed by atoms with Crippen molar-refractivity contribution in [3.05, 3.63) is 0 Å². The molecular formula is C10H21NO4. The number of rotatable bonds is 10. The van der Waals surface area contributed by atoms with Crippen LogP contribution in [0.1, 0.15) is 19.8 Å². The Morgan fingerprint density at radius 2 is 1.87 bits per heavy atom. The molecule has 0 saturated heterocycles. The smallest absolute Gasteiger partial charge is 0.220 e. The first kappa shape index (κ1) is 14.3. The van der Waals surface area contributed by atoms with Crippen molar-refractivity contribution in [2.75, 3.05) is 39.6 Å². The molecule has 0 aromatic carbocycles. The van der Waals surface area contributed by atoms with Gasteiger partial charge in [0.05, 0.1) is 33.0 Å². The van der Waals surface area contributed by atoms with Crippen LogP contribution in [0.2, 0.25) is 0 Å². The molecule has 90 valence electrons. The van der Waals surface area contributed by atoms with Gasteiger partial charge in [0, 0.05) is 13.0 Å². The zero-order valence-electron chi connectivity index (χ0n) is 9.33. The molecule has 0 aliphatic rings. The van der Waals surface area contributed by atoms with E-state index in [1.54, 1.807) is 0 Å². The number of aliphatic hydroxyl groups is 1. The maximum Gasteiger partial charge on any atom is 0.220 e. The van der Waals surface area contributed by atoms with Crippen molar-refractivity contribution in [2.24, 2.45) is 0 Å². The Kier molecular flexibility index (Phi) is 10.9. The van der Waals surface area contributed by atoms with Gasteiger partial charge in [0.1, 0.15) is 0 Å². The van der Waals surface area contributed by atoms with E-state index in [4.69, 9.17) is 14.6 Å². The Labute approximate surface area is 90.8 Å². The molecule has 0 bridgehead atoms. The number of amides is 1. The molecule has 15 heavy (non-hydrogen) atoms. The average molecular weight is 219 g/mol. The largest absolute Gasteiger partial charge is 0.394 e. The SMILES string of the molecule is CCCC(=O)NCCOCCOCCO. The lowest BCUT2D eigenvalue weighted by Gasteiger charge is -2.06. The Balaban J connectivity index is 3.01. The summed E-state index contributed by atoms with van der Waals surface area (Å²) in [5.41, 5.74) is 0. The van der Waals surface area contributed by atoms with Gasteiger partial charge in [-0.3, -0.25) is 4.79 Å². The highest BCUT2D eigenvalue weighted by molar-refractivity contribution is 5.75. The summed E-state index contributed by atoms with van der Waals surface area (Å²) in [6, 6.07) is 0. The summed E-state index contributed by atoms with van der Waals surface area (Å²) < 4.78 is 10.2. The second-order valence-corrected chi connectivity index (χ2v) is 3.05. The molecule has 0 spiro atoms. The lowest BCUT2D eigenvalue weighted by molar-refractivity contribution is -0.121. The molecule has 0 rings (SSSR count). The van der Waals surface area contributed by atoms with Crippen LogP contribution in [-0.2, 0) is 14.3 Å². The lowest BCUT2D eigenvalue weighted by atomic mass is 10.3. The molecule has 0 unspecified atom stereocenters. The van der Waals surface area contributed by atoms with E-state index in [1.165, 1.54) is 0 Å². The fraction of sp³-hybridized carbons (Fsp3) is 0.900. The molecule has 0 aliphatic carbocycles. The van der Waals surface area contributed by atoms with Crippen molar-refractivity contribution in [1.29, 1.82) is 0 Å². The Hall–Kier alpha value is -0.650. The molecule has 0 radical (unpaired) electrons. The zero-order chi connectivity index (χ0) is 11.4. The van der Waals surface area contributed by atoms with Gasteiger partial charge in [0.25, 0.3) is 0 Å². The van der Waals surface area contributed by atoms with E-state index >= 15 is 0 Å². The van der Waals surface area contributed by atoms with Gasteiger partial charge in [0.15, 0.2) is 0 Å². The van der Waals surface area contributed by atoms with E-state index in [0.717, 1.165) is 6.42 Å². The van der Waals surface area contributed by atoms with Crippen molar-refractivity contribution in [3.8, 4) is 0 Å². The molecule has 5 nitrogen and oxygen atoms in total. The summed E-state index contributed by atoms with van der Waals surface area (Å²) in [5, 5.41) is 11.1. The van der Waals surface area contributed by atoms with Gasteiger partial charge in [-0.15, -0.1) is 0 Å². The highest BCUT2D eigenvalue weighted by Gasteiger charge is 1.97. The topological polar surface area (TPSA) is 67.8 Å². The van der Waals surface area contributed by atoms with Crippen LogP contribution in [0.4, 0.5) is 0 Å². The summed E-state index contributed by atoms with van der Waals surface area (Å²) in [6.45, 7) is 4.35. The maximum absolute atomic E-state index is 11.0. The maximum atomic E-state index is 11.0. The van der Waals surface area contributed by atoms with Gasteiger partial charge >= 0.3 is 0 Å². The normalized spacial score (nSPS) is 10.3. The van der Waals surface area contributed by atoms with Crippen LogP contribution >= 0.6 is 0 Å². The molecule has 0 fully saturated rings. The summed E-state index contributed by atoms with van der Waals surface area (Å²) in [5.74, 6) is 0.0673. The molecule has 0 aliphatic heterocycles. The van der Waals surface area contributed by atoms with Gasteiger partial charge in [-0.1, -0.05) is 6.92 Å². The molecular weight excluding hydrogens is 198 g/mol. The number of carbonyl (C=O) groups excluding carboxylic acids is 1. The quantitative estimate of drug-likeness (QED) is 0.505. The molecule has 5 heteroatoms. The molecule has 1 amide bonds. The van der Waals surface area contributed by atoms with Crippen LogP contribution in [0.15, 0.2) is 0 Å². The Morgan fingerprint density at radius 1 is 1.20 bits per heavy atom. The molecule has 0 aromatic heterocycles. The third-order valence-electron chi connectivity index (χ3n) is 1.65. The van der Waals surface area contributed by atoms with Gasteiger partial charge in [-0.2, -0.15) is 0 Å². The van der Waals surface area contributed by atoms with E-state index in [9.17, 15) is 4.79 Å². The van der Waals surface area contributed by atoms with Crippen LogP contribution < -0.4 is 5.32 Å². The van der Waals surface area contributed by atoms with Crippen molar-refractivity contribution < 1.29 is 19.4 Å². The molecule has 0 atom stereocenters. The van der Waals surface area contributed by atoms with Gasteiger partial charge in [-0.25, -0.2) is 0 Å². The average Bonchev–Trinajstić information content (AvgIpc) is 2.22. The summed E-state index contributed by atoms with van der Waals surface area (Å²) >= 11 is 0. The van der Waals surface area contributed by atoms with Crippen LogP contribution in [-0.4, -0.2) is 50.6 Å². The fourth-order valence-electron chi connectivity index (χ4n) is 0.965. The lowest BCUT2D eigenvalue weighted by Crippen LogP contribution is -2.27. The molecule has 0 aromatic rings. The van der Waals surface area contributed by atoms with E-state index in [2.05, 4.69) is 5.32 Å². The molecule has 0 heterocycles. The third-order valence-corrected chi connectivity index (χ3v) is 1.65. The molecule has 2 N–H and O–H groups in total. The first-order valence-electron chi connectivity index (χ1n) is 5.34. The van der Waals surface area contributed by atoms with E-state index in [-0.39, 0.29) is 12.5 Å². The first-order chi connectivity index (χ1) is 7.31. The van der Waals surface area contributed by atoms with Crippen molar-refractivity contribution >= 4 is 5.91 Å². The number of nitrogens with one attached hydrogen (secondary N) is 1. The predicted octanol–water partition coefficient (Wildman–Crippen LogP) is -0.0718. The van der Waals surface area contributed by atoms with Gasteiger partial charge < -0.3 is 19.9 Å². The number of hydrogen-bond donors (Lipinski definition) is 2. The highest BCUT2D eigenvalue weighted by Crippen LogP contribution is 1.85. The predicted molar refractivity (Wildman–Crippen MR) is 56.6 cm³/mol. The number of carbonyl (C=O) groups is 1. The van der Waals surface area contributed by atoms with E-state index in [0.29, 0.717) is 39.4 Å². The zero-order valence-corrected chi connectivity index (χ0v) is 9.33. The summed E-state index contributed by atoms with van der Waals surface area (Å²) in [7, 11) is 0. The van der Waals surface area contributed by atoms with Crippen molar-refractivity contribution in [2.45, 2.75) is 19.8 Å². The van der Waals surface area contributed by atoms with E-state index < -0.39 is 0 Å². The van der Waals surface area contributed by atoms with Crippen molar-refractivity contribution in [1.82, 2.24) is 5.32 Å². The van der Waals surface area contributed by atoms with Crippen LogP contribution in [0, 0.1) is 0 Å². The number of aliphatic hydroxyl groups excluding tert-OH is 1. The monoisotopic (exact) mass is 219 g/mol. The number of hydrogen-bond acceptors (Lipinski definition) is 4. The second kappa shape index (κ2) is 11.4. The van der Waals surface area contributed by atoms with Gasteiger partial charge in [-0.05, 0) is 6.42 Å². The first-order valence-corrected chi connectivity index (χ1v) is 5.34. The Bertz CT molecular complexity index is 152. The van der Waals surface area contributed by atoms with Crippen LogP contribution in [0.3, 0.4) is 0 Å². The van der Waals surface area contributed by atoms with Crippen LogP contribution in [0.25, 0.3) is 0 Å².